The molecule has 1 aromatic rings. The molecule has 0 radical (unpaired) electrons. The topological polar surface area (TPSA) is 46.3 Å². The number of amides is 1. The summed E-state index contributed by atoms with van der Waals surface area (Å²) in [7, 11) is 0. The Bertz CT molecular complexity index is 519. The first kappa shape index (κ1) is 14.9. The van der Waals surface area contributed by atoms with Crippen LogP contribution in [-0.2, 0) is 0 Å². The quantitative estimate of drug-likeness (QED) is 0.905. The summed E-state index contributed by atoms with van der Waals surface area (Å²) in [5, 5.41) is 0. The molecule has 2 unspecified atom stereocenters. The standard InChI is InChI=1S/C15H20F2N2O/c1-9-4-3-5-19(14(9)8-18)15(20)11-7-12(16)10(2)6-13(11)17/h6-7,9,14H,3-5,8,18H2,1-2H3. The van der Waals surface area contributed by atoms with Crippen molar-refractivity contribution in [1.29, 1.82) is 0 Å². The highest BCUT2D eigenvalue weighted by Crippen LogP contribution is 2.25. The molecule has 110 valence electrons. The van der Waals surface area contributed by atoms with Crippen LogP contribution in [-0.4, -0.2) is 29.9 Å². The molecule has 5 heteroatoms. The monoisotopic (exact) mass is 282 g/mol. The number of rotatable bonds is 2. The van der Waals surface area contributed by atoms with Crippen LogP contribution in [0.25, 0.3) is 0 Å². The van der Waals surface area contributed by atoms with Gasteiger partial charge in [0.25, 0.3) is 5.91 Å². The summed E-state index contributed by atoms with van der Waals surface area (Å²) in [6.07, 6.45) is 1.86. The summed E-state index contributed by atoms with van der Waals surface area (Å²) in [5.74, 6) is -1.44. The normalized spacial score (nSPS) is 22.9. The van der Waals surface area contributed by atoms with Crippen LogP contribution in [0.5, 0.6) is 0 Å². The van der Waals surface area contributed by atoms with E-state index in [1.54, 1.807) is 4.90 Å². The maximum Gasteiger partial charge on any atom is 0.257 e. The largest absolute Gasteiger partial charge is 0.334 e. The van der Waals surface area contributed by atoms with Crippen LogP contribution in [0, 0.1) is 24.5 Å². The Balaban J connectivity index is 2.33. The van der Waals surface area contributed by atoms with Gasteiger partial charge in [-0.2, -0.15) is 0 Å². The second-order valence-corrected chi connectivity index (χ2v) is 5.50. The molecule has 0 spiro atoms. The molecule has 1 aromatic carbocycles. The van der Waals surface area contributed by atoms with Crippen molar-refractivity contribution in [2.45, 2.75) is 32.7 Å². The molecule has 2 rings (SSSR count). The van der Waals surface area contributed by atoms with Gasteiger partial charge >= 0.3 is 0 Å². The highest BCUT2D eigenvalue weighted by atomic mass is 19.1. The van der Waals surface area contributed by atoms with E-state index in [1.165, 1.54) is 6.92 Å². The third-order valence-electron chi connectivity index (χ3n) is 4.10. The molecule has 0 aliphatic carbocycles. The number of carbonyl (C=O) groups is 1. The van der Waals surface area contributed by atoms with Crippen molar-refractivity contribution in [2.24, 2.45) is 11.7 Å². The molecule has 1 aliphatic rings. The summed E-state index contributed by atoms with van der Waals surface area (Å²) in [4.78, 5) is 14.0. The van der Waals surface area contributed by atoms with Crippen LogP contribution in [0.3, 0.4) is 0 Å². The minimum Gasteiger partial charge on any atom is -0.334 e. The Morgan fingerprint density at radius 3 is 2.75 bits per heavy atom. The van der Waals surface area contributed by atoms with E-state index in [4.69, 9.17) is 5.73 Å². The van der Waals surface area contributed by atoms with E-state index in [0.717, 1.165) is 25.0 Å². The third-order valence-corrected chi connectivity index (χ3v) is 4.10. The van der Waals surface area contributed by atoms with Crippen molar-refractivity contribution in [3.63, 3.8) is 0 Å². The van der Waals surface area contributed by atoms with Gasteiger partial charge in [0.1, 0.15) is 11.6 Å². The fourth-order valence-corrected chi connectivity index (χ4v) is 2.83. The van der Waals surface area contributed by atoms with Gasteiger partial charge in [0.2, 0.25) is 0 Å². The smallest absolute Gasteiger partial charge is 0.257 e. The molecule has 0 bridgehead atoms. The Labute approximate surface area is 117 Å². The van der Waals surface area contributed by atoms with Gasteiger partial charge in [-0.25, -0.2) is 8.78 Å². The number of piperidine rings is 1. The number of carbonyl (C=O) groups excluding carboxylic acids is 1. The molecule has 1 aliphatic heterocycles. The minimum atomic E-state index is -0.678. The summed E-state index contributed by atoms with van der Waals surface area (Å²) < 4.78 is 27.5. The van der Waals surface area contributed by atoms with E-state index >= 15 is 0 Å². The van der Waals surface area contributed by atoms with E-state index in [0.29, 0.717) is 13.1 Å². The predicted molar refractivity (Wildman–Crippen MR) is 73.4 cm³/mol. The molecule has 1 heterocycles. The van der Waals surface area contributed by atoms with Gasteiger partial charge in [0.05, 0.1) is 5.56 Å². The molecule has 0 saturated carbocycles. The number of benzene rings is 1. The first-order valence-electron chi connectivity index (χ1n) is 6.92. The zero-order valence-electron chi connectivity index (χ0n) is 11.8. The number of hydrogen-bond donors (Lipinski definition) is 1. The van der Waals surface area contributed by atoms with Gasteiger partial charge in [-0.1, -0.05) is 6.92 Å². The van der Waals surface area contributed by atoms with Crippen LogP contribution >= 0.6 is 0 Å². The lowest BCUT2D eigenvalue weighted by Gasteiger charge is -2.39. The highest BCUT2D eigenvalue weighted by Gasteiger charge is 2.32. The molecule has 3 nitrogen and oxygen atoms in total. The Morgan fingerprint density at radius 1 is 1.40 bits per heavy atom. The number of nitrogens with zero attached hydrogens (tertiary/aromatic N) is 1. The maximum absolute atomic E-state index is 13.9. The van der Waals surface area contributed by atoms with Gasteiger partial charge in [0.15, 0.2) is 0 Å². The van der Waals surface area contributed by atoms with Crippen molar-refractivity contribution in [3.05, 3.63) is 34.9 Å². The SMILES string of the molecule is Cc1cc(F)c(C(=O)N2CCCC(C)C2CN)cc1F. The van der Waals surface area contributed by atoms with Crippen LogP contribution in [0.4, 0.5) is 8.78 Å². The molecule has 20 heavy (non-hydrogen) atoms. The fourth-order valence-electron chi connectivity index (χ4n) is 2.83. The lowest BCUT2D eigenvalue weighted by atomic mass is 9.90. The van der Waals surface area contributed by atoms with Crippen molar-refractivity contribution in [1.82, 2.24) is 4.90 Å². The summed E-state index contributed by atoms with van der Waals surface area (Å²) in [6, 6.07) is 1.94. The number of likely N-dealkylation sites (tertiary alicyclic amines) is 1. The van der Waals surface area contributed by atoms with Crippen LogP contribution in [0.15, 0.2) is 12.1 Å². The summed E-state index contributed by atoms with van der Waals surface area (Å²) in [5.41, 5.74) is 5.72. The van der Waals surface area contributed by atoms with Crippen molar-refractivity contribution >= 4 is 5.91 Å². The highest BCUT2D eigenvalue weighted by molar-refractivity contribution is 5.95. The van der Waals surface area contributed by atoms with Crippen LogP contribution in [0.1, 0.15) is 35.7 Å². The van der Waals surface area contributed by atoms with E-state index < -0.39 is 17.5 Å². The van der Waals surface area contributed by atoms with Crippen molar-refractivity contribution in [3.8, 4) is 0 Å². The van der Waals surface area contributed by atoms with Gasteiger partial charge < -0.3 is 10.6 Å². The number of nitrogens with two attached hydrogens (primary N) is 1. The average Bonchev–Trinajstić information content (AvgIpc) is 2.41. The average molecular weight is 282 g/mol. The lowest BCUT2D eigenvalue weighted by molar-refractivity contribution is 0.0527. The van der Waals surface area contributed by atoms with Gasteiger partial charge in [-0.15, -0.1) is 0 Å². The van der Waals surface area contributed by atoms with Crippen LogP contribution < -0.4 is 5.73 Å². The van der Waals surface area contributed by atoms with Crippen molar-refractivity contribution < 1.29 is 13.6 Å². The Hall–Kier alpha value is -1.49. The van der Waals surface area contributed by atoms with Gasteiger partial charge in [-0.3, -0.25) is 4.79 Å². The molecule has 1 fully saturated rings. The predicted octanol–water partition coefficient (Wildman–Crippen LogP) is 2.47. The third kappa shape index (κ3) is 2.68. The molecule has 2 N–H and O–H groups in total. The zero-order chi connectivity index (χ0) is 14.9. The van der Waals surface area contributed by atoms with E-state index in [1.807, 2.05) is 6.92 Å². The number of aryl methyl sites for hydroxylation is 1. The van der Waals surface area contributed by atoms with E-state index in [9.17, 15) is 13.6 Å². The number of halogens is 2. The van der Waals surface area contributed by atoms with Crippen molar-refractivity contribution in [2.75, 3.05) is 13.1 Å². The maximum atomic E-state index is 13.9. The first-order chi connectivity index (χ1) is 9.45. The minimum absolute atomic E-state index is 0.111. The van der Waals surface area contributed by atoms with Gasteiger partial charge in [0, 0.05) is 19.1 Å². The molecular formula is C15H20F2N2O. The molecule has 2 atom stereocenters. The number of hydrogen-bond acceptors (Lipinski definition) is 2. The summed E-state index contributed by atoms with van der Waals surface area (Å²) >= 11 is 0. The zero-order valence-corrected chi connectivity index (χ0v) is 11.8. The van der Waals surface area contributed by atoms with Crippen LogP contribution in [0.2, 0.25) is 0 Å². The lowest BCUT2D eigenvalue weighted by Crippen LogP contribution is -2.51. The second-order valence-electron chi connectivity index (χ2n) is 5.50. The first-order valence-corrected chi connectivity index (χ1v) is 6.92. The summed E-state index contributed by atoms with van der Waals surface area (Å²) in [6.45, 7) is 4.38. The second kappa shape index (κ2) is 5.87. The Morgan fingerprint density at radius 2 is 2.10 bits per heavy atom. The fraction of sp³-hybridized carbons (Fsp3) is 0.533. The molecule has 1 amide bonds. The molecule has 0 aromatic heterocycles. The molecule has 1 saturated heterocycles. The Kier molecular flexibility index (Phi) is 4.38. The van der Waals surface area contributed by atoms with E-state index in [2.05, 4.69) is 0 Å². The van der Waals surface area contributed by atoms with Gasteiger partial charge in [-0.05, 0) is 43.4 Å². The van der Waals surface area contributed by atoms with E-state index in [-0.39, 0.29) is 23.1 Å². The molecular weight excluding hydrogens is 262 g/mol.